The van der Waals surface area contributed by atoms with E-state index in [-0.39, 0.29) is 10.6 Å². The molecule has 5 nitrogen and oxygen atoms in total. The second-order valence-corrected chi connectivity index (χ2v) is 6.96. The highest BCUT2D eigenvalue weighted by Gasteiger charge is 2.25. The zero-order valence-corrected chi connectivity index (χ0v) is 15.8. The van der Waals surface area contributed by atoms with Crippen molar-refractivity contribution in [1.82, 2.24) is 4.57 Å². The minimum Gasteiger partial charge on any atom is -0.315 e. The minimum absolute atomic E-state index is 0.0393. The van der Waals surface area contributed by atoms with Gasteiger partial charge < -0.3 is 4.57 Å². The van der Waals surface area contributed by atoms with E-state index in [4.69, 9.17) is 16.6 Å². The molecule has 0 amide bonds. The molecule has 4 rings (SSSR count). The van der Waals surface area contributed by atoms with Gasteiger partial charge >= 0.3 is 0 Å². The van der Waals surface area contributed by atoms with E-state index in [1.165, 1.54) is 5.56 Å². The number of aromatic nitrogens is 1. The molecule has 1 aromatic heterocycles. The zero-order valence-electron chi connectivity index (χ0n) is 15.1. The molecule has 0 atom stereocenters. The van der Waals surface area contributed by atoms with Crippen molar-refractivity contribution in [2.75, 3.05) is 0 Å². The third kappa shape index (κ3) is 2.84. The zero-order chi connectivity index (χ0) is 19.1. The molecule has 2 aromatic carbocycles. The molecule has 136 valence electrons. The Morgan fingerprint density at radius 2 is 1.96 bits per heavy atom. The number of hydrogen-bond donors (Lipinski definition) is 0. The van der Waals surface area contributed by atoms with Gasteiger partial charge in [-0.3, -0.25) is 15.1 Å². The maximum absolute atomic E-state index is 11.4. The summed E-state index contributed by atoms with van der Waals surface area (Å²) in [6.07, 6.45) is 0.905. The molecule has 3 aromatic rings. The average Bonchev–Trinajstić information content (AvgIpc) is 2.88. The van der Waals surface area contributed by atoms with Gasteiger partial charge in [-0.2, -0.15) is 0 Å². The molecule has 27 heavy (non-hydrogen) atoms. The molecule has 6 heteroatoms. The topological polar surface area (TPSA) is 60.4 Å². The lowest BCUT2D eigenvalue weighted by molar-refractivity contribution is -0.384. The summed E-state index contributed by atoms with van der Waals surface area (Å²) in [6.45, 7) is 4.67. The number of rotatable bonds is 3. The highest BCUT2D eigenvalue weighted by Crippen LogP contribution is 2.33. The molecule has 1 aliphatic rings. The molecule has 1 aliphatic heterocycles. The van der Waals surface area contributed by atoms with Crippen LogP contribution >= 0.6 is 11.6 Å². The number of nitro benzene ring substituents is 1. The van der Waals surface area contributed by atoms with Crippen LogP contribution in [-0.2, 0) is 13.0 Å². The third-order valence-corrected chi connectivity index (χ3v) is 5.29. The van der Waals surface area contributed by atoms with Crippen molar-refractivity contribution in [2.45, 2.75) is 26.8 Å². The van der Waals surface area contributed by atoms with Gasteiger partial charge in [-0.15, -0.1) is 0 Å². The minimum atomic E-state index is -0.379. The molecule has 0 fully saturated rings. The van der Waals surface area contributed by atoms with Crippen LogP contribution in [0.2, 0.25) is 5.02 Å². The summed E-state index contributed by atoms with van der Waals surface area (Å²) in [5, 5.41) is 12.0. The van der Waals surface area contributed by atoms with E-state index in [1.54, 1.807) is 18.2 Å². The van der Waals surface area contributed by atoms with Crippen molar-refractivity contribution >= 4 is 23.0 Å². The molecular weight excluding hydrogens is 362 g/mol. The molecule has 0 saturated carbocycles. The molecule has 2 heterocycles. The maximum atomic E-state index is 11.4. The lowest BCUT2D eigenvalue weighted by Crippen LogP contribution is -2.09. The first-order chi connectivity index (χ1) is 13.0. The number of hydrogen-bond acceptors (Lipinski definition) is 3. The monoisotopic (exact) mass is 379 g/mol. The number of halogens is 1. The van der Waals surface area contributed by atoms with Crippen molar-refractivity contribution in [1.29, 1.82) is 0 Å². The fourth-order valence-corrected chi connectivity index (χ4v) is 3.94. The molecule has 0 saturated heterocycles. The normalized spacial score (nSPS) is 12.8. The second kappa shape index (κ2) is 6.67. The maximum Gasteiger partial charge on any atom is 0.270 e. The number of nitrogens with zero attached hydrogens (tertiary/aromatic N) is 3. The van der Waals surface area contributed by atoms with Gasteiger partial charge in [-0.25, -0.2) is 0 Å². The van der Waals surface area contributed by atoms with Crippen LogP contribution in [0.3, 0.4) is 0 Å². The number of benzene rings is 2. The van der Waals surface area contributed by atoms with E-state index in [9.17, 15) is 10.1 Å². The molecule has 0 spiro atoms. The smallest absolute Gasteiger partial charge is 0.270 e. The number of fused-ring (bicyclic) bond motifs is 3. The van der Waals surface area contributed by atoms with Crippen molar-refractivity contribution in [3.8, 4) is 5.69 Å². The van der Waals surface area contributed by atoms with Crippen LogP contribution in [-0.4, -0.2) is 15.2 Å². The lowest BCUT2D eigenvalue weighted by atomic mass is 9.99. The molecule has 0 N–H and O–H groups in total. The highest BCUT2D eigenvalue weighted by atomic mass is 35.5. The van der Waals surface area contributed by atoms with Crippen molar-refractivity contribution in [2.24, 2.45) is 4.99 Å². The Bertz CT molecular complexity index is 1100. The van der Waals surface area contributed by atoms with Crippen LogP contribution in [0.4, 0.5) is 5.69 Å². The van der Waals surface area contributed by atoms with Crippen LogP contribution in [0.15, 0.2) is 53.5 Å². The number of nitro groups is 1. The van der Waals surface area contributed by atoms with E-state index in [0.29, 0.717) is 17.3 Å². The van der Waals surface area contributed by atoms with Gasteiger partial charge in [0.15, 0.2) is 0 Å². The Hall–Kier alpha value is -2.92. The van der Waals surface area contributed by atoms with E-state index < -0.39 is 0 Å². The fourth-order valence-electron chi connectivity index (χ4n) is 3.72. The summed E-state index contributed by atoms with van der Waals surface area (Å²) >= 11 is 6.43. The van der Waals surface area contributed by atoms with Crippen LogP contribution in [0, 0.1) is 17.0 Å². The first kappa shape index (κ1) is 17.5. The summed E-state index contributed by atoms with van der Waals surface area (Å²) in [5.74, 6) is 0. The van der Waals surface area contributed by atoms with E-state index in [0.717, 1.165) is 34.6 Å². The van der Waals surface area contributed by atoms with E-state index >= 15 is 0 Å². The number of aliphatic imine (C=N–C) groups is 1. The molecule has 0 radical (unpaired) electrons. The summed E-state index contributed by atoms with van der Waals surface area (Å²) in [4.78, 5) is 15.8. The van der Waals surface area contributed by atoms with Gasteiger partial charge in [0, 0.05) is 39.7 Å². The van der Waals surface area contributed by atoms with Gasteiger partial charge in [0.2, 0.25) is 0 Å². The first-order valence-electron chi connectivity index (χ1n) is 8.80. The first-order valence-corrected chi connectivity index (χ1v) is 9.17. The summed E-state index contributed by atoms with van der Waals surface area (Å²) in [7, 11) is 0. The average molecular weight is 380 g/mol. The molecule has 0 bridgehead atoms. The van der Waals surface area contributed by atoms with Gasteiger partial charge in [0.1, 0.15) is 0 Å². The largest absolute Gasteiger partial charge is 0.315 e. The predicted octanol–water partition coefficient (Wildman–Crippen LogP) is 5.26. The van der Waals surface area contributed by atoms with E-state index in [2.05, 4.69) is 17.6 Å². The van der Waals surface area contributed by atoms with Gasteiger partial charge in [0.05, 0.1) is 22.9 Å². The number of non-ortho nitro benzene ring substituents is 1. The standard InChI is InChI=1S/C21H18ClN3O2/c1-3-14-10-13(2)24-19-9-8-15(25(26)27)11-17(19)21(23-12-20(14)24)16-6-4-5-7-18(16)22/h4-11H,3,12H2,1-2H3. The van der Waals surface area contributed by atoms with Crippen LogP contribution in [0.5, 0.6) is 0 Å². The fraction of sp³-hybridized carbons (Fsp3) is 0.190. The third-order valence-electron chi connectivity index (χ3n) is 4.96. The highest BCUT2D eigenvalue weighted by molar-refractivity contribution is 6.35. The van der Waals surface area contributed by atoms with Crippen LogP contribution in [0.1, 0.15) is 35.0 Å². The molecule has 0 aliphatic carbocycles. The van der Waals surface area contributed by atoms with Crippen molar-refractivity contribution in [3.63, 3.8) is 0 Å². The predicted molar refractivity (Wildman–Crippen MR) is 107 cm³/mol. The lowest BCUT2D eigenvalue weighted by Gasteiger charge is -2.14. The van der Waals surface area contributed by atoms with Gasteiger partial charge in [-0.05, 0) is 37.1 Å². The Labute approximate surface area is 162 Å². The van der Waals surface area contributed by atoms with Gasteiger partial charge in [0.25, 0.3) is 5.69 Å². The summed E-state index contributed by atoms with van der Waals surface area (Å²) in [6, 6.07) is 14.6. The Morgan fingerprint density at radius 1 is 1.19 bits per heavy atom. The summed E-state index contributed by atoms with van der Waals surface area (Å²) < 4.78 is 2.16. The van der Waals surface area contributed by atoms with Gasteiger partial charge in [-0.1, -0.05) is 36.7 Å². The Kier molecular flexibility index (Phi) is 4.32. The van der Waals surface area contributed by atoms with Crippen LogP contribution in [0.25, 0.3) is 5.69 Å². The Morgan fingerprint density at radius 3 is 2.67 bits per heavy atom. The quantitative estimate of drug-likeness (QED) is 0.460. The number of aryl methyl sites for hydroxylation is 2. The van der Waals surface area contributed by atoms with Crippen LogP contribution < -0.4 is 0 Å². The van der Waals surface area contributed by atoms with E-state index in [1.807, 2.05) is 31.2 Å². The SMILES string of the molecule is CCc1cc(C)n2c1CN=C(c1ccccc1Cl)c1cc([N+](=O)[O-])ccc1-2. The molecular formula is C21H18ClN3O2. The van der Waals surface area contributed by atoms with Crippen molar-refractivity contribution < 1.29 is 4.92 Å². The summed E-state index contributed by atoms with van der Waals surface area (Å²) in [5.41, 5.74) is 6.56. The second-order valence-electron chi connectivity index (χ2n) is 6.55. The Balaban J connectivity index is 2.05. The molecule has 0 unspecified atom stereocenters. The van der Waals surface area contributed by atoms with Crippen molar-refractivity contribution in [3.05, 3.63) is 91.7 Å².